The van der Waals surface area contributed by atoms with Crippen LogP contribution in [0.2, 0.25) is 0 Å². The number of thioether (sulfide) groups is 1. The highest BCUT2D eigenvalue weighted by Gasteiger charge is 2.14. The van der Waals surface area contributed by atoms with Crippen LogP contribution in [-0.2, 0) is 0 Å². The minimum absolute atomic E-state index is 0.0202. The second-order valence-electron chi connectivity index (χ2n) is 4.43. The largest absolute Gasteiger partial charge is 0.218 e. The maximum Gasteiger partial charge on any atom is 0.211 e. The number of thiazole rings is 1. The van der Waals surface area contributed by atoms with Crippen molar-refractivity contribution < 1.29 is 0 Å². The molecular weight excluding hydrogens is 316 g/mol. The summed E-state index contributed by atoms with van der Waals surface area (Å²) in [7, 11) is 0. The van der Waals surface area contributed by atoms with Crippen molar-refractivity contribution in [1.82, 2.24) is 4.98 Å². The van der Waals surface area contributed by atoms with E-state index in [0.717, 1.165) is 26.0 Å². The molecule has 0 bridgehead atoms. The van der Waals surface area contributed by atoms with E-state index in [-0.39, 0.29) is 5.25 Å². The number of aliphatic imine (C=N–C) groups is 1. The van der Waals surface area contributed by atoms with Gasteiger partial charge in [-0.1, -0.05) is 53.8 Å². The average Bonchev–Trinajstić information content (AvgIpc) is 2.95. The molecule has 2 aromatic carbocycles. The number of hydrogen-bond acceptors (Lipinski definition) is 5. The van der Waals surface area contributed by atoms with Crippen LogP contribution >= 0.6 is 35.7 Å². The monoisotopic (exact) mass is 330 g/mol. The Hall–Kier alpha value is -1.30. The van der Waals surface area contributed by atoms with Gasteiger partial charge in [-0.25, -0.2) is 9.98 Å². The first kappa shape index (κ1) is 14.6. The van der Waals surface area contributed by atoms with Crippen molar-refractivity contribution in [2.75, 3.05) is 6.26 Å². The summed E-state index contributed by atoms with van der Waals surface area (Å²) < 4.78 is 1.16. The van der Waals surface area contributed by atoms with Gasteiger partial charge in [-0.15, -0.1) is 11.8 Å². The van der Waals surface area contributed by atoms with Gasteiger partial charge in [0.05, 0.1) is 20.5 Å². The van der Waals surface area contributed by atoms with Gasteiger partial charge in [0, 0.05) is 0 Å². The molecular formula is C16H14N2S3. The first-order valence-electron chi connectivity index (χ1n) is 6.49. The maximum absolute atomic E-state index is 4.71. The van der Waals surface area contributed by atoms with E-state index in [1.807, 2.05) is 42.7 Å². The van der Waals surface area contributed by atoms with Crippen molar-refractivity contribution >= 4 is 56.1 Å². The standard InChI is InChI=1S/C16H14N2S3/c1-20-15(14(19)11-7-3-2-4-8-11)18-16-17-12-9-5-6-10-13(12)21-16/h2-10,14,19H,1H3. The molecule has 0 saturated heterocycles. The second-order valence-corrected chi connectivity index (χ2v) is 6.78. The van der Waals surface area contributed by atoms with Gasteiger partial charge in [0.1, 0.15) is 0 Å². The Balaban J connectivity index is 1.95. The van der Waals surface area contributed by atoms with E-state index in [0.29, 0.717) is 0 Å². The summed E-state index contributed by atoms with van der Waals surface area (Å²) in [6.45, 7) is 0. The molecule has 0 spiro atoms. The molecule has 0 N–H and O–H groups in total. The molecule has 0 aliphatic rings. The molecule has 1 atom stereocenters. The summed E-state index contributed by atoms with van der Waals surface area (Å²) in [6, 6.07) is 18.3. The third kappa shape index (κ3) is 3.31. The van der Waals surface area contributed by atoms with Crippen molar-refractivity contribution in [3.05, 3.63) is 60.2 Å². The van der Waals surface area contributed by atoms with E-state index in [9.17, 15) is 0 Å². The van der Waals surface area contributed by atoms with Crippen LogP contribution in [0.1, 0.15) is 10.8 Å². The topological polar surface area (TPSA) is 25.2 Å². The van der Waals surface area contributed by atoms with Crippen LogP contribution in [0, 0.1) is 0 Å². The highest BCUT2D eigenvalue weighted by Crippen LogP contribution is 2.32. The maximum atomic E-state index is 4.71. The third-order valence-corrected chi connectivity index (χ3v) is 5.44. The highest BCUT2D eigenvalue weighted by molar-refractivity contribution is 8.14. The smallest absolute Gasteiger partial charge is 0.211 e. The Morgan fingerprint density at radius 1 is 1.14 bits per heavy atom. The highest BCUT2D eigenvalue weighted by atomic mass is 32.2. The summed E-state index contributed by atoms with van der Waals surface area (Å²) in [6.07, 6.45) is 2.03. The first-order valence-corrected chi connectivity index (χ1v) is 9.05. The summed E-state index contributed by atoms with van der Waals surface area (Å²) in [5.74, 6) is 0. The van der Waals surface area contributed by atoms with Gasteiger partial charge in [0.15, 0.2) is 0 Å². The molecule has 21 heavy (non-hydrogen) atoms. The lowest BCUT2D eigenvalue weighted by molar-refractivity contribution is 1.30. The number of benzene rings is 2. The van der Waals surface area contributed by atoms with Gasteiger partial charge in [-0.3, -0.25) is 0 Å². The predicted molar refractivity (Wildman–Crippen MR) is 98.4 cm³/mol. The fourth-order valence-corrected chi connectivity index (χ4v) is 3.99. The van der Waals surface area contributed by atoms with Gasteiger partial charge >= 0.3 is 0 Å². The summed E-state index contributed by atoms with van der Waals surface area (Å²) >= 11 is 7.94. The molecule has 0 aliphatic heterocycles. The van der Waals surface area contributed by atoms with Crippen molar-refractivity contribution in [2.24, 2.45) is 4.99 Å². The Morgan fingerprint density at radius 2 is 1.86 bits per heavy atom. The van der Waals surface area contributed by atoms with Crippen LogP contribution in [0.15, 0.2) is 59.6 Å². The molecule has 106 valence electrons. The summed E-state index contributed by atoms with van der Waals surface area (Å²) in [5.41, 5.74) is 2.15. The molecule has 2 nitrogen and oxygen atoms in total. The molecule has 0 saturated carbocycles. The zero-order valence-electron chi connectivity index (χ0n) is 11.4. The van der Waals surface area contributed by atoms with E-state index >= 15 is 0 Å². The van der Waals surface area contributed by atoms with E-state index in [4.69, 9.17) is 17.6 Å². The van der Waals surface area contributed by atoms with Crippen molar-refractivity contribution in [2.45, 2.75) is 5.25 Å². The number of hydrogen-bond donors (Lipinski definition) is 1. The van der Waals surface area contributed by atoms with Crippen molar-refractivity contribution in [3.63, 3.8) is 0 Å². The lowest BCUT2D eigenvalue weighted by Gasteiger charge is -2.11. The SMILES string of the molecule is CSC(=Nc1nc2ccccc2s1)C(S)c1ccccc1. The molecule has 5 heteroatoms. The number of nitrogens with zero attached hydrogens (tertiary/aromatic N) is 2. The summed E-state index contributed by atoms with van der Waals surface area (Å²) in [5, 5.41) is 1.73. The number of rotatable bonds is 3. The van der Waals surface area contributed by atoms with Gasteiger partial charge in [-0.05, 0) is 24.0 Å². The van der Waals surface area contributed by atoms with Crippen molar-refractivity contribution in [3.8, 4) is 0 Å². The van der Waals surface area contributed by atoms with Crippen LogP contribution in [-0.4, -0.2) is 16.3 Å². The number of fused-ring (bicyclic) bond motifs is 1. The Morgan fingerprint density at radius 3 is 2.57 bits per heavy atom. The lowest BCUT2D eigenvalue weighted by Crippen LogP contribution is -2.02. The fourth-order valence-electron chi connectivity index (χ4n) is 2.00. The van der Waals surface area contributed by atoms with Crippen LogP contribution in [0.4, 0.5) is 5.13 Å². The number of thiol groups is 1. The normalized spacial score (nSPS) is 13.5. The van der Waals surface area contributed by atoms with Gasteiger partial charge in [0.2, 0.25) is 5.13 Å². The van der Waals surface area contributed by atoms with Gasteiger partial charge in [-0.2, -0.15) is 12.6 Å². The molecule has 0 fully saturated rings. The second kappa shape index (κ2) is 6.64. The van der Waals surface area contributed by atoms with Crippen LogP contribution in [0.5, 0.6) is 0 Å². The molecule has 1 aromatic heterocycles. The molecule has 0 aliphatic carbocycles. The van der Waals surface area contributed by atoms with Crippen molar-refractivity contribution in [1.29, 1.82) is 0 Å². The molecule has 3 rings (SSSR count). The molecule has 0 radical (unpaired) electrons. The van der Waals surface area contributed by atoms with Gasteiger partial charge in [0.25, 0.3) is 0 Å². The quantitative estimate of drug-likeness (QED) is 0.397. The fraction of sp³-hybridized carbons (Fsp3) is 0.125. The van der Waals surface area contributed by atoms with E-state index in [1.165, 1.54) is 0 Å². The predicted octanol–water partition coefficient (Wildman–Crippen LogP) is 5.36. The summed E-state index contributed by atoms with van der Waals surface area (Å²) in [4.78, 5) is 9.26. The number of para-hydroxylation sites is 1. The minimum Gasteiger partial charge on any atom is -0.218 e. The Bertz CT molecular complexity index is 732. The van der Waals surface area contributed by atoms with Crippen LogP contribution < -0.4 is 0 Å². The molecule has 1 unspecified atom stereocenters. The number of aromatic nitrogens is 1. The van der Waals surface area contributed by atoms with Crippen LogP contribution in [0.3, 0.4) is 0 Å². The third-order valence-electron chi connectivity index (χ3n) is 3.05. The van der Waals surface area contributed by atoms with E-state index in [1.54, 1.807) is 23.1 Å². The first-order chi connectivity index (χ1) is 10.3. The Kier molecular flexibility index (Phi) is 4.63. The van der Waals surface area contributed by atoms with Crippen LogP contribution in [0.25, 0.3) is 10.2 Å². The molecule has 0 amide bonds. The minimum atomic E-state index is -0.0202. The zero-order valence-corrected chi connectivity index (χ0v) is 14.0. The molecule has 3 aromatic rings. The van der Waals surface area contributed by atoms with E-state index < -0.39 is 0 Å². The van der Waals surface area contributed by atoms with Gasteiger partial charge < -0.3 is 0 Å². The van der Waals surface area contributed by atoms with E-state index in [2.05, 4.69) is 23.2 Å². The lowest BCUT2D eigenvalue weighted by atomic mass is 10.1. The molecule has 1 heterocycles. The average molecular weight is 331 g/mol. The zero-order chi connectivity index (χ0) is 14.7. The Labute approximate surface area is 137 Å².